The number of piperidine rings is 1. The van der Waals surface area contributed by atoms with E-state index in [2.05, 4.69) is 22.0 Å². The van der Waals surface area contributed by atoms with Gasteiger partial charge in [0.15, 0.2) is 0 Å². The van der Waals surface area contributed by atoms with E-state index in [-0.39, 0.29) is 11.5 Å². The van der Waals surface area contributed by atoms with E-state index in [1.807, 2.05) is 17.0 Å². The lowest BCUT2D eigenvalue weighted by atomic mass is 10.0. The number of hydrogen-bond acceptors (Lipinski definition) is 6. The van der Waals surface area contributed by atoms with Crippen molar-refractivity contribution < 1.29 is 9.53 Å². The van der Waals surface area contributed by atoms with Crippen LogP contribution in [0, 0.1) is 0 Å². The summed E-state index contributed by atoms with van der Waals surface area (Å²) in [7, 11) is 0. The lowest BCUT2D eigenvalue weighted by Gasteiger charge is -2.31. The highest BCUT2D eigenvalue weighted by Gasteiger charge is 2.26. The van der Waals surface area contributed by atoms with Crippen molar-refractivity contribution >= 4 is 11.9 Å². The Kier molecular flexibility index (Phi) is 6.23. The van der Waals surface area contributed by atoms with Crippen molar-refractivity contribution in [2.45, 2.75) is 38.8 Å². The molecule has 1 amide bonds. The highest BCUT2D eigenvalue weighted by molar-refractivity contribution is 5.94. The maximum atomic E-state index is 13.2. The van der Waals surface area contributed by atoms with Gasteiger partial charge in [-0.05, 0) is 50.0 Å². The van der Waals surface area contributed by atoms with Gasteiger partial charge in [0.05, 0.1) is 25.5 Å². The van der Waals surface area contributed by atoms with Gasteiger partial charge in [-0.15, -0.1) is 0 Å². The smallest absolute Gasteiger partial charge is 0.255 e. The predicted octanol–water partition coefficient (Wildman–Crippen LogP) is 1.79. The molecule has 1 N–H and O–H groups in total. The molecule has 5 rings (SSSR count). The predicted molar refractivity (Wildman–Crippen MR) is 122 cm³/mol. The number of rotatable bonds is 4. The number of aromatic amines is 1. The molecule has 2 aromatic rings. The number of amides is 1. The van der Waals surface area contributed by atoms with E-state index in [4.69, 9.17) is 9.72 Å². The molecule has 8 nitrogen and oxygen atoms in total. The number of hydrogen-bond donors (Lipinski definition) is 1. The quantitative estimate of drug-likeness (QED) is 0.786. The number of likely N-dealkylation sites (tertiary alicyclic amines) is 1. The molecule has 0 atom stereocenters. The van der Waals surface area contributed by atoms with Crippen LogP contribution in [0.1, 0.15) is 46.4 Å². The van der Waals surface area contributed by atoms with Crippen LogP contribution in [0.2, 0.25) is 0 Å². The fourth-order valence-corrected chi connectivity index (χ4v) is 4.84. The maximum Gasteiger partial charge on any atom is 0.255 e. The number of H-pyrrole nitrogens is 1. The maximum absolute atomic E-state index is 13.2. The number of carbonyl (C=O) groups excluding carboxylic acids is 1. The first-order chi connectivity index (χ1) is 15.7. The molecule has 0 saturated carbocycles. The average molecular weight is 438 g/mol. The van der Waals surface area contributed by atoms with E-state index in [9.17, 15) is 9.59 Å². The fourth-order valence-electron chi connectivity index (χ4n) is 4.84. The molecule has 0 unspecified atom stereocenters. The lowest BCUT2D eigenvalue weighted by molar-refractivity contribution is 0.0731. The molecule has 0 bridgehead atoms. The molecule has 2 fully saturated rings. The van der Waals surface area contributed by atoms with Crippen LogP contribution in [0.25, 0.3) is 0 Å². The Morgan fingerprint density at radius 2 is 1.75 bits per heavy atom. The van der Waals surface area contributed by atoms with Gasteiger partial charge in [0, 0.05) is 37.3 Å². The number of nitrogens with one attached hydrogen (secondary N) is 1. The minimum Gasteiger partial charge on any atom is -0.378 e. The summed E-state index contributed by atoms with van der Waals surface area (Å²) < 4.78 is 5.40. The van der Waals surface area contributed by atoms with Crippen molar-refractivity contribution in [3.63, 3.8) is 0 Å². The number of anilines is 1. The van der Waals surface area contributed by atoms with Crippen molar-refractivity contribution in [2.75, 3.05) is 50.8 Å². The zero-order valence-corrected chi connectivity index (χ0v) is 18.5. The van der Waals surface area contributed by atoms with Gasteiger partial charge < -0.3 is 14.5 Å². The van der Waals surface area contributed by atoms with Crippen LogP contribution in [-0.2, 0) is 24.2 Å². The third kappa shape index (κ3) is 4.56. The van der Waals surface area contributed by atoms with Gasteiger partial charge in [-0.1, -0.05) is 18.6 Å². The van der Waals surface area contributed by atoms with Gasteiger partial charge in [0.1, 0.15) is 0 Å². The second-order valence-corrected chi connectivity index (χ2v) is 8.92. The van der Waals surface area contributed by atoms with Gasteiger partial charge >= 0.3 is 0 Å². The number of ether oxygens (including phenoxy) is 1. The summed E-state index contributed by atoms with van der Waals surface area (Å²) in [6.45, 7) is 6.82. The van der Waals surface area contributed by atoms with Gasteiger partial charge in [0.25, 0.3) is 11.5 Å². The van der Waals surface area contributed by atoms with Crippen molar-refractivity contribution in [3.05, 3.63) is 57.0 Å². The molecule has 2 saturated heterocycles. The molecule has 3 aliphatic rings. The normalized spacial score (nSPS) is 19.6. The Balaban J connectivity index is 1.27. The molecular formula is C24H31N5O3. The zero-order chi connectivity index (χ0) is 21.9. The molecule has 0 spiro atoms. The van der Waals surface area contributed by atoms with Crippen LogP contribution < -0.4 is 10.5 Å². The van der Waals surface area contributed by atoms with Crippen LogP contribution in [0.3, 0.4) is 0 Å². The Labute approximate surface area is 188 Å². The minimum absolute atomic E-state index is 0.00447. The van der Waals surface area contributed by atoms with Gasteiger partial charge in [-0.2, -0.15) is 0 Å². The number of carbonyl (C=O) groups is 1. The Bertz CT molecular complexity index is 1010. The standard InChI is InChI=1S/C24H31N5O3/c30-22-20-8-11-29(17-21(20)25-24(26-22)28-12-14-32-15-13-28)23(31)19-6-4-18(5-7-19)16-27-9-2-1-3-10-27/h4-7H,1-3,8-17H2,(H,25,26,30). The van der Waals surface area contributed by atoms with Crippen LogP contribution in [0.5, 0.6) is 0 Å². The van der Waals surface area contributed by atoms with Gasteiger partial charge in [0.2, 0.25) is 5.95 Å². The third-order valence-corrected chi connectivity index (χ3v) is 6.71. The largest absolute Gasteiger partial charge is 0.378 e. The van der Waals surface area contributed by atoms with E-state index in [0.29, 0.717) is 68.6 Å². The van der Waals surface area contributed by atoms with E-state index in [0.717, 1.165) is 19.6 Å². The van der Waals surface area contributed by atoms with Crippen molar-refractivity contribution in [1.82, 2.24) is 19.8 Å². The van der Waals surface area contributed by atoms with E-state index >= 15 is 0 Å². The summed E-state index contributed by atoms with van der Waals surface area (Å²) in [4.78, 5) is 39.7. The summed E-state index contributed by atoms with van der Waals surface area (Å²) in [6, 6.07) is 8.00. The molecule has 1 aromatic carbocycles. The van der Waals surface area contributed by atoms with E-state index in [1.165, 1.54) is 24.8 Å². The fraction of sp³-hybridized carbons (Fsp3) is 0.542. The van der Waals surface area contributed by atoms with Gasteiger partial charge in [-0.3, -0.25) is 19.5 Å². The molecule has 32 heavy (non-hydrogen) atoms. The summed E-state index contributed by atoms with van der Waals surface area (Å²) in [6.07, 6.45) is 4.41. The molecule has 4 heterocycles. The third-order valence-electron chi connectivity index (χ3n) is 6.71. The second kappa shape index (κ2) is 9.42. The number of aromatic nitrogens is 2. The van der Waals surface area contributed by atoms with Crippen molar-refractivity contribution in [2.24, 2.45) is 0 Å². The van der Waals surface area contributed by atoms with Crippen LogP contribution >= 0.6 is 0 Å². The highest BCUT2D eigenvalue weighted by Crippen LogP contribution is 2.20. The Morgan fingerprint density at radius 3 is 2.50 bits per heavy atom. The van der Waals surface area contributed by atoms with Crippen molar-refractivity contribution in [1.29, 1.82) is 0 Å². The van der Waals surface area contributed by atoms with E-state index < -0.39 is 0 Å². The molecule has 170 valence electrons. The van der Waals surface area contributed by atoms with Crippen molar-refractivity contribution in [3.8, 4) is 0 Å². The molecule has 3 aliphatic heterocycles. The number of morpholine rings is 1. The molecule has 0 radical (unpaired) electrons. The molecule has 8 heteroatoms. The summed E-state index contributed by atoms with van der Waals surface area (Å²) in [5.74, 6) is 0.573. The average Bonchev–Trinajstić information content (AvgIpc) is 2.85. The van der Waals surface area contributed by atoms with E-state index in [1.54, 1.807) is 4.90 Å². The van der Waals surface area contributed by atoms with Crippen LogP contribution in [0.4, 0.5) is 5.95 Å². The summed E-state index contributed by atoms with van der Waals surface area (Å²) >= 11 is 0. The van der Waals surface area contributed by atoms with Crippen LogP contribution in [0.15, 0.2) is 29.1 Å². The SMILES string of the molecule is O=C(c1ccc(CN2CCCCC2)cc1)N1CCc2c(nc(N3CCOCC3)[nH]c2=O)C1. The zero-order valence-electron chi connectivity index (χ0n) is 18.5. The minimum atomic E-state index is -0.0920. The summed E-state index contributed by atoms with van der Waals surface area (Å²) in [5.41, 5.74) is 3.25. The van der Waals surface area contributed by atoms with Gasteiger partial charge in [-0.25, -0.2) is 4.98 Å². The first-order valence-electron chi connectivity index (χ1n) is 11.7. The molecule has 1 aromatic heterocycles. The first kappa shape index (κ1) is 21.2. The highest BCUT2D eigenvalue weighted by atomic mass is 16.5. The number of benzene rings is 1. The monoisotopic (exact) mass is 437 g/mol. The second-order valence-electron chi connectivity index (χ2n) is 8.92. The lowest BCUT2D eigenvalue weighted by Crippen LogP contribution is -2.42. The Hall–Kier alpha value is -2.71. The molecular weight excluding hydrogens is 406 g/mol. The molecule has 0 aliphatic carbocycles. The summed E-state index contributed by atoms with van der Waals surface area (Å²) in [5, 5.41) is 0. The number of fused-ring (bicyclic) bond motifs is 1. The topological polar surface area (TPSA) is 81.8 Å². The van der Waals surface area contributed by atoms with Crippen LogP contribution in [-0.4, -0.2) is 71.6 Å². The Morgan fingerprint density at radius 1 is 1.00 bits per heavy atom. The first-order valence-corrected chi connectivity index (χ1v) is 11.7. The number of nitrogens with zero attached hydrogens (tertiary/aromatic N) is 4.